The molecule has 9 heteroatoms. The van der Waals surface area contributed by atoms with E-state index in [0.717, 1.165) is 6.42 Å². The first-order chi connectivity index (χ1) is 15.5. The number of anilines is 1. The number of methoxy groups -OCH3 is 1. The molecule has 3 aromatic rings. The molecule has 2 heterocycles. The molecule has 32 heavy (non-hydrogen) atoms. The van der Waals surface area contributed by atoms with Crippen molar-refractivity contribution >= 4 is 22.8 Å². The van der Waals surface area contributed by atoms with Crippen LogP contribution in [-0.4, -0.2) is 59.1 Å². The number of hydrogen-bond acceptors (Lipinski definition) is 6. The van der Waals surface area contributed by atoms with E-state index in [4.69, 9.17) is 9.72 Å². The first kappa shape index (κ1) is 21.8. The molecule has 168 valence electrons. The van der Waals surface area contributed by atoms with Gasteiger partial charge in [-0.2, -0.15) is 0 Å². The molecule has 8 nitrogen and oxygen atoms in total. The van der Waals surface area contributed by atoms with E-state index in [2.05, 4.69) is 10.3 Å². The summed E-state index contributed by atoms with van der Waals surface area (Å²) in [4.78, 5) is 22.5. The Morgan fingerprint density at radius 1 is 1.31 bits per heavy atom. The number of phenolic OH excluding ortho intramolecular Hbond substituents is 1. The summed E-state index contributed by atoms with van der Waals surface area (Å²) < 4.78 is 19.2. The summed E-state index contributed by atoms with van der Waals surface area (Å²) in [5.41, 5.74) is 1.05. The maximum absolute atomic E-state index is 14.1. The number of para-hydroxylation sites is 1. The van der Waals surface area contributed by atoms with Crippen LogP contribution in [0.3, 0.4) is 0 Å². The predicted octanol–water partition coefficient (Wildman–Crippen LogP) is 3.64. The maximum Gasteiger partial charge on any atom is 0.404 e. The lowest BCUT2D eigenvalue weighted by atomic mass is 9.96. The van der Waals surface area contributed by atoms with Gasteiger partial charge in [-0.25, -0.2) is 19.2 Å². The molecule has 1 aliphatic rings. The van der Waals surface area contributed by atoms with E-state index in [1.807, 2.05) is 4.90 Å². The maximum atomic E-state index is 14.1. The summed E-state index contributed by atoms with van der Waals surface area (Å²) in [5, 5.41) is 22.7. The van der Waals surface area contributed by atoms with Crippen LogP contribution < -0.4 is 10.2 Å². The molecular formula is C23H25FN4O4. The average molecular weight is 440 g/mol. The summed E-state index contributed by atoms with van der Waals surface area (Å²) in [7, 11) is 1.58. The molecule has 0 aliphatic carbocycles. The number of nitrogens with one attached hydrogen (secondary N) is 1. The minimum Gasteiger partial charge on any atom is -0.507 e. The fourth-order valence-electron chi connectivity index (χ4n) is 4.25. The van der Waals surface area contributed by atoms with Crippen molar-refractivity contribution in [1.29, 1.82) is 0 Å². The minimum absolute atomic E-state index is 0.0494. The van der Waals surface area contributed by atoms with Crippen LogP contribution in [-0.2, 0) is 4.74 Å². The third-order valence-electron chi connectivity index (χ3n) is 5.82. The van der Waals surface area contributed by atoms with Gasteiger partial charge in [0.15, 0.2) is 5.82 Å². The SMILES string of the molecule is COCCC(NC(=O)O)[C@H]1CCN(c2nc(-c3ccccc3O)nc3ccc(F)cc23)C1. The number of phenols is 1. The Morgan fingerprint density at radius 2 is 2.12 bits per heavy atom. The van der Waals surface area contributed by atoms with Crippen molar-refractivity contribution in [1.82, 2.24) is 15.3 Å². The van der Waals surface area contributed by atoms with Crippen molar-refractivity contribution in [2.24, 2.45) is 5.92 Å². The quantitative estimate of drug-likeness (QED) is 0.515. The molecule has 2 aromatic carbocycles. The van der Waals surface area contributed by atoms with Crippen molar-refractivity contribution in [2.45, 2.75) is 18.9 Å². The monoisotopic (exact) mass is 440 g/mol. The zero-order valence-corrected chi connectivity index (χ0v) is 17.7. The topological polar surface area (TPSA) is 108 Å². The van der Waals surface area contributed by atoms with Crippen molar-refractivity contribution in [2.75, 3.05) is 31.7 Å². The summed E-state index contributed by atoms with van der Waals surface area (Å²) >= 11 is 0. The van der Waals surface area contributed by atoms with Gasteiger partial charge in [0.2, 0.25) is 0 Å². The van der Waals surface area contributed by atoms with Crippen molar-refractivity contribution in [3.8, 4) is 17.1 Å². The molecule has 1 amide bonds. The number of halogens is 1. The van der Waals surface area contributed by atoms with Gasteiger partial charge in [0.05, 0.1) is 11.1 Å². The highest BCUT2D eigenvalue weighted by Crippen LogP contribution is 2.34. The molecule has 4 rings (SSSR count). The Labute approximate surface area is 184 Å². The number of carboxylic acid groups (broad SMARTS) is 1. The number of hydrogen-bond donors (Lipinski definition) is 3. The third-order valence-corrected chi connectivity index (χ3v) is 5.82. The van der Waals surface area contributed by atoms with Crippen LogP contribution in [0.5, 0.6) is 5.75 Å². The van der Waals surface area contributed by atoms with E-state index in [1.54, 1.807) is 37.4 Å². The summed E-state index contributed by atoms with van der Waals surface area (Å²) in [6.07, 6.45) is 0.242. The number of aromatic hydroxyl groups is 1. The molecule has 0 saturated carbocycles. The van der Waals surface area contributed by atoms with Crippen LogP contribution in [0.2, 0.25) is 0 Å². The number of benzene rings is 2. The number of carbonyl (C=O) groups is 1. The summed E-state index contributed by atoms with van der Waals surface area (Å²) in [6, 6.07) is 10.9. The van der Waals surface area contributed by atoms with Crippen LogP contribution >= 0.6 is 0 Å². The molecular weight excluding hydrogens is 415 g/mol. The van der Waals surface area contributed by atoms with Crippen molar-refractivity contribution in [3.05, 3.63) is 48.3 Å². The molecule has 1 unspecified atom stereocenters. The van der Waals surface area contributed by atoms with Gasteiger partial charge < -0.3 is 25.2 Å². The number of ether oxygens (including phenoxy) is 1. The molecule has 0 bridgehead atoms. The normalized spacial score (nSPS) is 16.9. The largest absolute Gasteiger partial charge is 0.507 e. The van der Waals surface area contributed by atoms with E-state index in [-0.39, 0.29) is 23.5 Å². The van der Waals surface area contributed by atoms with Gasteiger partial charge in [0, 0.05) is 38.2 Å². The van der Waals surface area contributed by atoms with Gasteiger partial charge in [-0.1, -0.05) is 12.1 Å². The second kappa shape index (κ2) is 9.35. The van der Waals surface area contributed by atoms with Gasteiger partial charge in [0.25, 0.3) is 0 Å². The number of rotatable bonds is 7. The lowest BCUT2D eigenvalue weighted by Crippen LogP contribution is -2.41. The number of fused-ring (bicyclic) bond motifs is 1. The Balaban J connectivity index is 1.71. The standard InChI is InChI=1S/C23H25FN4O4/c1-32-11-9-18(26-23(30)31)14-8-10-28(13-14)22-17-12-15(24)6-7-19(17)25-21(27-22)16-4-2-3-5-20(16)29/h2-7,12,14,18,26,29H,8-11,13H2,1H3,(H,30,31)/t14-,18?/m0/s1. The van der Waals surface area contributed by atoms with Crippen LogP contribution in [0.15, 0.2) is 42.5 Å². The fraction of sp³-hybridized carbons (Fsp3) is 0.348. The molecule has 1 saturated heterocycles. The molecule has 0 radical (unpaired) electrons. The second-order valence-corrected chi connectivity index (χ2v) is 7.88. The predicted molar refractivity (Wildman–Crippen MR) is 118 cm³/mol. The highest BCUT2D eigenvalue weighted by molar-refractivity contribution is 5.91. The Hall–Kier alpha value is -3.46. The summed E-state index contributed by atoms with van der Waals surface area (Å²) in [6.45, 7) is 1.64. The first-order valence-corrected chi connectivity index (χ1v) is 10.4. The zero-order valence-electron chi connectivity index (χ0n) is 17.7. The van der Waals surface area contributed by atoms with Crippen LogP contribution in [0, 0.1) is 11.7 Å². The van der Waals surface area contributed by atoms with Gasteiger partial charge in [-0.05, 0) is 49.1 Å². The molecule has 2 atom stereocenters. The van der Waals surface area contributed by atoms with Crippen LogP contribution in [0.1, 0.15) is 12.8 Å². The Bertz CT molecular complexity index is 1130. The van der Waals surface area contributed by atoms with Gasteiger partial charge >= 0.3 is 6.09 Å². The number of aromatic nitrogens is 2. The molecule has 3 N–H and O–H groups in total. The zero-order chi connectivity index (χ0) is 22.7. The van der Waals surface area contributed by atoms with Crippen molar-refractivity contribution < 1.29 is 24.1 Å². The van der Waals surface area contributed by atoms with Crippen LogP contribution in [0.4, 0.5) is 15.0 Å². The first-order valence-electron chi connectivity index (χ1n) is 10.4. The Morgan fingerprint density at radius 3 is 2.88 bits per heavy atom. The lowest BCUT2D eigenvalue weighted by Gasteiger charge is -2.25. The smallest absolute Gasteiger partial charge is 0.404 e. The summed E-state index contributed by atoms with van der Waals surface area (Å²) in [5.74, 6) is 0.633. The van der Waals surface area contributed by atoms with Gasteiger partial charge in [-0.3, -0.25) is 0 Å². The molecule has 1 aromatic heterocycles. The van der Waals surface area contributed by atoms with E-state index < -0.39 is 6.09 Å². The molecule has 0 spiro atoms. The second-order valence-electron chi connectivity index (χ2n) is 7.88. The molecule has 1 aliphatic heterocycles. The Kier molecular flexibility index (Phi) is 6.36. The molecule has 1 fully saturated rings. The highest BCUT2D eigenvalue weighted by Gasteiger charge is 2.32. The fourth-order valence-corrected chi connectivity index (χ4v) is 4.25. The van der Waals surface area contributed by atoms with Crippen LogP contribution in [0.25, 0.3) is 22.3 Å². The van der Waals surface area contributed by atoms with Gasteiger partial charge in [0.1, 0.15) is 17.4 Å². The van der Waals surface area contributed by atoms with E-state index in [9.17, 15) is 19.4 Å². The van der Waals surface area contributed by atoms with E-state index in [1.165, 1.54) is 12.1 Å². The number of amides is 1. The highest BCUT2D eigenvalue weighted by atomic mass is 19.1. The lowest BCUT2D eigenvalue weighted by molar-refractivity contribution is 0.159. The minimum atomic E-state index is -1.07. The number of nitrogens with zero attached hydrogens (tertiary/aromatic N) is 3. The van der Waals surface area contributed by atoms with E-state index in [0.29, 0.717) is 54.2 Å². The average Bonchev–Trinajstić information content (AvgIpc) is 3.26. The van der Waals surface area contributed by atoms with E-state index >= 15 is 0 Å². The third kappa shape index (κ3) is 4.57. The van der Waals surface area contributed by atoms with Gasteiger partial charge in [-0.15, -0.1) is 0 Å². The van der Waals surface area contributed by atoms with Crippen molar-refractivity contribution in [3.63, 3.8) is 0 Å².